The van der Waals surface area contributed by atoms with E-state index in [0.29, 0.717) is 12.0 Å². The smallest absolute Gasteiger partial charge is 0.252 e. The van der Waals surface area contributed by atoms with Crippen LogP contribution in [-0.4, -0.2) is 29.3 Å². The number of nitriles is 1. The van der Waals surface area contributed by atoms with E-state index in [1.165, 1.54) is 18.5 Å². The van der Waals surface area contributed by atoms with Crippen molar-refractivity contribution in [1.29, 1.82) is 5.26 Å². The van der Waals surface area contributed by atoms with Gasteiger partial charge in [-0.15, -0.1) is 0 Å². The van der Waals surface area contributed by atoms with E-state index >= 15 is 0 Å². The Morgan fingerprint density at radius 3 is 2.63 bits per heavy atom. The van der Waals surface area contributed by atoms with Gasteiger partial charge in [-0.3, -0.25) is 19.5 Å². The highest BCUT2D eigenvalue weighted by atomic mass is 19.3. The number of hydrogen-bond donors (Lipinski definition) is 1. The topological polar surface area (TPSA) is 86.1 Å². The molecule has 1 N–H and O–H groups in total. The number of alkyl halides is 2. The second-order valence-corrected chi connectivity index (χ2v) is 6.34. The zero-order valence-corrected chi connectivity index (χ0v) is 14.2. The maximum Gasteiger partial charge on any atom is 0.252 e. The molecule has 8 heteroatoms. The van der Waals surface area contributed by atoms with Crippen molar-refractivity contribution in [2.45, 2.75) is 30.8 Å². The minimum Gasteiger partial charge on any atom is -0.351 e. The normalized spacial score (nSPS) is 16.5. The third kappa shape index (κ3) is 4.08. The molecule has 1 aromatic heterocycles. The van der Waals surface area contributed by atoms with Gasteiger partial charge in [-0.25, -0.2) is 8.78 Å². The van der Waals surface area contributed by atoms with Gasteiger partial charge in [0.25, 0.3) is 5.92 Å². The zero-order chi connectivity index (χ0) is 19.4. The van der Waals surface area contributed by atoms with Crippen molar-refractivity contribution in [3.05, 3.63) is 59.9 Å². The van der Waals surface area contributed by atoms with Crippen LogP contribution in [0.15, 0.2) is 48.8 Å². The number of carbonyl (C=O) groups excluding carboxylic acids is 2. The molecule has 0 saturated heterocycles. The Balaban J connectivity index is 1.92. The second-order valence-electron chi connectivity index (χ2n) is 6.34. The summed E-state index contributed by atoms with van der Waals surface area (Å²) in [6.07, 6.45) is 2.31. The third-order valence-corrected chi connectivity index (χ3v) is 4.34. The van der Waals surface area contributed by atoms with Crippen molar-refractivity contribution in [3.8, 4) is 6.07 Å². The Hall–Kier alpha value is -3.34. The summed E-state index contributed by atoms with van der Waals surface area (Å²) in [7, 11) is 0. The van der Waals surface area contributed by atoms with Crippen LogP contribution < -0.4 is 10.2 Å². The molecule has 6 nitrogen and oxygen atoms in total. The highest BCUT2D eigenvalue weighted by molar-refractivity contribution is 5.93. The van der Waals surface area contributed by atoms with Crippen LogP contribution in [0.4, 0.5) is 14.5 Å². The summed E-state index contributed by atoms with van der Waals surface area (Å²) in [4.78, 5) is 29.7. The van der Waals surface area contributed by atoms with Gasteiger partial charge < -0.3 is 5.32 Å². The van der Waals surface area contributed by atoms with E-state index in [0.717, 1.165) is 4.90 Å². The first kappa shape index (κ1) is 18.5. The van der Waals surface area contributed by atoms with Gasteiger partial charge in [0.1, 0.15) is 12.1 Å². The van der Waals surface area contributed by atoms with Crippen LogP contribution in [0.25, 0.3) is 0 Å². The highest BCUT2D eigenvalue weighted by Gasteiger charge is 2.46. The molecule has 138 valence electrons. The van der Waals surface area contributed by atoms with Crippen molar-refractivity contribution in [2.75, 3.05) is 4.90 Å². The van der Waals surface area contributed by atoms with Gasteiger partial charge in [0.05, 0.1) is 17.4 Å². The van der Waals surface area contributed by atoms with Crippen LogP contribution in [0, 0.1) is 11.3 Å². The minimum atomic E-state index is -2.77. The number of pyridine rings is 1. The van der Waals surface area contributed by atoms with Crippen LogP contribution in [0.1, 0.15) is 30.0 Å². The van der Waals surface area contributed by atoms with Crippen molar-refractivity contribution in [1.82, 2.24) is 10.3 Å². The van der Waals surface area contributed by atoms with E-state index in [4.69, 9.17) is 5.26 Å². The molecule has 1 saturated carbocycles. The first-order chi connectivity index (χ1) is 12.9. The van der Waals surface area contributed by atoms with E-state index in [1.807, 2.05) is 6.07 Å². The average Bonchev–Trinajstić information content (AvgIpc) is 2.65. The SMILES string of the molecule is N#Cc1cncc(N(C=O)[C@H](C(=O)NC2CC(F)(F)C2)c2ccccc2)c1. The molecule has 1 heterocycles. The number of anilines is 1. The molecule has 1 atom stereocenters. The van der Waals surface area contributed by atoms with Gasteiger partial charge in [-0.1, -0.05) is 30.3 Å². The summed E-state index contributed by atoms with van der Waals surface area (Å²) in [6.45, 7) is 0. The first-order valence-electron chi connectivity index (χ1n) is 8.25. The standard InChI is InChI=1S/C19H16F2N4O2/c20-19(21)7-15(8-19)24-18(27)17(14-4-2-1-3-5-14)25(12-26)16-6-13(9-22)10-23-11-16/h1-6,10-12,15,17H,7-8H2,(H,24,27)/t17-/m0/s1. The predicted molar refractivity (Wildman–Crippen MR) is 92.8 cm³/mol. The summed E-state index contributed by atoms with van der Waals surface area (Å²) < 4.78 is 26.2. The maximum atomic E-state index is 13.1. The van der Waals surface area contributed by atoms with Crippen LogP contribution in [-0.2, 0) is 9.59 Å². The lowest BCUT2D eigenvalue weighted by Crippen LogP contribution is -2.53. The Morgan fingerprint density at radius 1 is 1.33 bits per heavy atom. The fourth-order valence-corrected chi connectivity index (χ4v) is 3.02. The minimum absolute atomic E-state index is 0.227. The molecular weight excluding hydrogens is 354 g/mol. The fraction of sp³-hybridized carbons (Fsp3) is 0.263. The van der Waals surface area contributed by atoms with Gasteiger partial charge in [0.15, 0.2) is 0 Å². The number of aromatic nitrogens is 1. The van der Waals surface area contributed by atoms with Gasteiger partial charge in [0.2, 0.25) is 12.3 Å². The first-order valence-corrected chi connectivity index (χ1v) is 8.25. The maximum absolute atomic E-state index is 13.1. The van der Waals surface area contributed by atoms with E-state index in [9.17, 15) is 18.4 Å². The van der Waals surface area contributed by atoms with Gasteiger partial charge >= 0.3 is 0 Å². The number of benzene rings is 1. The lowest BCUT2D eigenvalue weighted by atomic mass is 9.88. The van der Waals surface area contributed by atoms with E-state index in [1.54, 1.807) is 30.3 Å². The van der Waals surface area contributed by atoms with Gasteiger partial charge in [-0.05, 0) is 11.6 Å². The van der Waals surface area contributed by atoms with Crippen LogP contribution in [0.3, 0.4) is 0 Å². The van der Waals surface area contributed by atoms with E-state index in [2.05, 4.69) is 10.3 Å². The molecule has 1 fully saturated rings. The Kier molecular flexibility index (Phi) is 5.12. The number of carbonyl (C=O) groups is 2. The molecule has 1 aromatic carbocycles. The van der Waals surface area contributed by atoms with Crippen molar-refractivity contribution in [3.63, 3.8) is 0 Å². The molecule has 2 amide bonds. The number of nitrogens with one attached hydrogen (secondary N) is 1. The quantitative estimate of drug-likeness (QED) is 0.792. The zero-order valence-electron chi connectivity index (χ0n) is 14.2. The molecular formula is C19H16F2N4O2. The number of amides is 2. The Bertz CT molecular complexity index is 875. The Labute approximate surface area is 154 Å². The third-order valence-electron chi connectivity index (χ3n) is 4.34. The second kappa shape index (κ2) is 7.50. The molecule has 0 bridgehead atoms. The van der Waals surface area contributed by atoms with Crippen molar-refractivity contribution in [2.24, 2.45) is 0 Å². The molecule has 2 aromatic rings. The van der Waals surface area contributed by atoms with Gasteiger partial charge in [-0.2, -0.15) is 5.26 Å². The number of rotatable bonds is 6. The van der Waals surface area contributed by atoms with Crippen molar-refractivity contribution >= 4 is 18.0 Å². The molecule has 1 aliphatic rings. The Morgan fingerprint density at radius 2 is 2.04 bits per heavy atom. The van der Waals surface area contributed by atoms with E-state index in [-0.39, 0.29) is 11.3 Å². The predicted octanol–water partition coefficient (Wildman–Crippen LogP) is 2.57. The summed E-state index contributed by atoms with van der Waals surface area (Å²) in [5.74, 6) is -3.34. The van der Waals surface area contributed by atoms with E-state index < -0.39 is 36.8 Å². The molecule has 0 spiro atoms. The van der Waals surface area contributed by atoms with Crippen molar-refractivity contribution < 1.29 is 18.4 Å². The van der Waals surface area contributed by atoms with Crippen LogP contribution >= 0.6 is 0 Å². The summed E-state index contributed by atoms with van der Waals surface area (Å²) >= 11 is 0. The molecule has 27 heavy (non-hydrogen) atoms. The van der Waals surface area contributed by atoms with Crippen LogP contribution in [0.2, 0.25) is 0 Å². The lowest BCUT2D eigenvalue weighted by molar-refractivity contribution is -0.131. The summed E-state index contributed by atoms with van der Waals surface area (Å²) in [5.41, 5.74) is 0.993. The van der Waals surface area contributed by atoms with Crippen LogP contribution in [0.5, 0.6) is 0 Å². The molecule has 1 aliphatic carbocycles. The lowest BCUT2D eigenvalue weighted by Gasteiger charge is -2.37. The largest absolute Gasteiger partial charge is 0.351 e. The molecule has 0 aliphatic heterocycles. The monoisotopic (exact) mass is 370 g/mol. The number of nitrogens with zero attached hydrogens (tertiary/aromatic N) is 3. The summed E-state index contributed by atoms with van der Waals surface area (Å²) in [6, 6.07) is 10.1. The van der Waals surface area contributed by atoms with Gasteiger partial charge in [0, 0.05) is 25.1 Å². The summed E-state index contributed by atoms with van der Waals surface area (Å²) in [5, 5.41) is 11.6. The number of hydrogen-bond acceptors (Lipinski definition) is 4. The molecule has 3 rings (SSSR count). The average molecular weight is 370 g/mol. The fourth-order valence-electron chi connectivity index (χ4n) is 3.02. The molecule has 0 unspecified atom stereocenters. The number of halogens is 2. The highest BCUT2D eigenvalue weighted by Crippen LogP contribution is 2.38. The molecule has 0 radical (unpaired) electrons.